The van der Waals surface area contributed by atoms with E-state index in [0.717, 1.165) is 4.68 Å². The standard InChI is InChI=1S/C18H17N3O4/c1-3-25-15-10-6-7-12(16(15)24-2)11-19-21-17(22)13-8-4-5-9-14(13)20-18(21)23/h4-11H,3H2,1-2H3,(H,20,23)/b19-11-. The molecule has 2 aromatic carbocycles. The van der Waals surface area contributed by atoms with Crippen molar-refractivity contribution in [2.75, 3.05) is 13.7 Å². The van der Waals surface area contributed by atoms with E-state index < -0.39 is 11.2 Å². The van der Waals surface area contributed by atoms with Crippen molar-refractivity contribution in [3.05, 3.63) is 68.9 Å². The molecule has 3 aromatic rings. The van der Waals surface area contributed by atoms with Crippen LogP contribution in [0.5, 0.6) is 11.5 Å². The van der Waals surface area contributed by atoms with Crippen LogP contribution in [0.15, 0.2) is 57.2 Å². The molecule has 0 amide bonds. The smallest absolute Gasteiger partial charge is 0.349 e. The molecule has 3 rings (SSSR count). The Bertz CT molecular complexity index is 1050. The molecular weight excluding hydrogens is 322 g/mol. The largest absolute Gasteiger partial charge is 0.492 e. The lowest BCUT2D eigenvalue weighted by molar-refractivity contribution is 0.310. The van der Waals surface area contributed by atoms with E-state index in [1.165, 1.54) is 13.3 Å². The Morgan fingerprint density at radius 1 is 1.16 bits per heavy atom. The number of rotatable bonds is 5. The fourth-order valence-electron chi connectivity index (χ4n) is 2.50. The molecule has 0 radical (unpaired) electrons. The molecule has 7 nitrogen and oxygen atoms in total. The Hall–Kier alpha value is -3.35. The minimum atomic E-state index is -0.611. The monoisotopic (exact) mass is 339 g/mol. The number of fused-ring (bicyclic) bond motifs is 1. The summed E-state index contributed by atoms with van der Waals surface area (Å²) >= 11 is 0. The van der Waals surface area contributed by atoms with Crippen LogP contribution in [0.3, 0.4) is 0 Å². The third kappa shape index (κ3) is 3.16. The van der Waals surface area contributed by atoms with Gasteiger partial charge in [0.15, 0.2) is 11.5 Å². The van der Waals surface area contributed by atoms with Gasteiger partial charge in [0, 0.05) is 5.56 Å². The van der Waals surface area contributed by atoms with Crippen LogP contribution in [-0.4, -0.2) is 29.6 Å². The highest BCUT2D eigenvalue weighted by atomic mass is 16.5. The molecule has 1 heterocycles. The molecule has 0 aliphatic rings. The molecule has 7 heteroatoms. The molecule has 0 fully saturated rings. The van der Waals surface area contributed by atoms with E-state index >= 15 is 0 Å². The number of methoxy groups -OCH3 is 1. The maximum atomic E-state index is 12.5. The summed E-state index contributed by atoms with van der Waals surface area (Å²) in [5.74, 6) is 1.05. The zero-order chi connectivity index (χ0) is 17.8. The number of ether oxygens (including phenoxy) is 2. The van der Waals surface area contributed by atoms with Gasteiger partial charge in [0.2, 0.25) is 0 Å². The van der Waals surface area contributed by atoms with Crippen molar-refractivity contribution in [3.63, 3.8) is 0 Å². The molecule has 25 heavy (non-hydrogen) atoms. The van der Waals surface area contributed by atoms with Crippen molar-refractivity contribution in [2.45, 2.75) is 6.92 Å². The lowest BCUT2D eigenvalue weighted by Crippen LogP contribution is -2.32. The number of aromatic amines is 1. The normalized spacial score (nSPS) is 11.1. The fraction of sp³-hybridized carbons (Fsp3) is 0.167. The van der Waals surface area contributed by atoms with Crippen molar-refractivity contribution in [2.24, 2.45) is 5.10 Å². The molecule has 0 spiro atoms. The number of nitrogens with one attached hydrogen (secondary N) is 1. The average Bonchev–Trinajstić information content (AvgIpc) is 2.62. The highest BCUT2D eigenvalue weighted by molar-refractivity contribution is 5.85. The number of para-hydroxylation sites is 2. The van der Waals surface area contributed by atoms with Gasteiger partial charge in [0.05, 0.1) is 30.8 Å². The minimum absolute atomic E-state index is 0.384. The third-order valence-electron chi connectivity index (χ3n) is 3.61. The first-order valence-electron chi connectivity index (χ1n) is 7.74. The number of nitrogens with zero attached hydrogens (tertiary/aromatic N) is 2. The predicted molar refractivity (Wildman–Crippen MR) is 96.0 cm³/mol. The maximum absolute atomic E-state index is 12.5. The summed E-state index contributed by atoms with van der Waals surface area (Å²) in [6.45, 7) is 2.36. The quantitative estimate of drug-likeness (QED) is 0.720. The number of H-pyrrole nitrogens is 1. The summed E-state index contributed by atoms with van der Waals surface area (Å²) in [5, 5.41) is 4.42. The molecule has 0 aliphatic heterocycles. The SMILES string of the molecule is CCOc1cccc(/C=N\n2c(=O)[nH]c3ccccc3c2=O)c1OC. The summed E-state index contributed by atoms with van der Waals surface area (Å²) in [5.41, 5.74) is -0.0387. The van der Waals surface area contributed by atoms with E-state index in [-0.39, 0.29) is 0 Å². The maximum Gasteiger partial charge on any atom is 0.349 e. The van der Waals surface area contributed by atoms with Crippen LogP contribution < -0.4 is 20.7 Å². The van der Waals surface area contributed by atoms with Gasteiger partial charge >= 0.3 is 5.69 Å². The minimum Gasteiger partial charge on any atom is -0.492 e. The molecular formula is C18H17N3O4. The molecule has 1 aromatic heterocycles. The second-order valence-electron chi connectivity index (χ2n) is 5.15. The van der Waals surface area contributed by atoms with Crippen LogP contribution in [0.2, 0.25) is 0 Å². The number of benzene rings is 2. The van der Waals surface area contributed by atoms with Gasteiger partial charge in [-0.1, -0.05) is 18.2 Å². The first-order valence-corrected chi connectivity index (χ1v) is 7.74. The van der Waals surface area contributed by atoms with Crippen LogP contribution >= 0.6 is 0 Å². The van der Waals surface area contributed by atoms with Crippen molar-refractivity contribution in [1.29, 1.82) is 0 Å². The summed E-state index contributed by atoms with van der Waals surface area (Å²) in [6, 6.07) is 12.1. The fourth-order valence-corrected chi connectivity index (χ4v) is 2.50. The zero-order valence-corrected chi connectivity index (χ0v) is 13.9. The van der Waals surface area contributed by atoms with Gasteiger partial charge in [0.25, 0.3) is 5.56 Å². The van der Waals surface area contributed by atoms with E-state index in [2.05, 4.69) is 10.1 Å². The highest BCUT2D eigenvalue weighted by Crippen LogP contribution is 2.29. The van der Waals surface area contributed by atoms with Crippen molar-refractivity contribution >= 4 is 17.1 Å². The van der Waals surface area contributed by atoms with Gasteiger partial charge < -0.3 is 14.5 Å². The summed E-state index contributed by atoms with van der Waals surface area (Å²) < 4.78 is 11.6. The molecule has 128 valence electrons. The first kappa shape index (κ1) is 16.5. The average molecular weight is 339 g/mol. The summed E-state index contributed by atoms with van der Waals surface area (Å²) in [6.07, 6.45) is 1.40. The summed E-state index contributed by atoms with van der Waals surface area (Å²) in [4.78, 5) is 27.2. The van der Waals surface area contributed by atoms with E-state index in [0.29, 0.717) is 34.6 Å². The molecule has 0 bridgehead atoms. The second-order valence-corrected chi connectivity index (χ2v) is 5.15. The lowest BCUT2D eigenvalue weighted by atomic mass is 10.2. The van der Waals surface area contributed by atoms with Crippen LogP contribution in [-0.2, 0) is 0 Å². The van der Waals surface area contributed by atoms with Gasteiger partial charge in [-0.3, -0.25) is 4.79 Å². The number of aromatic nitrogens is 2. The Labute approximate surface area is 143 Å². The van der Waals surface area contributed by atoms with Crippen LogP contribution in [0, 0.1) is 0 Å². The zero-order valence-electron chi connectivity index (χ0n) is 13.9. The van der Waals surface area contributed by atoms with Crippen molar-refractivity contribution < 1.29 is 9.47 Å². The van der Waals surface area contributed by atoms with Gasteiger partial charge in [0.1, 0.15) is 0 Å². The van der Waals surface area contributed by atoms with Crippen LogP contribution in [0.4, 0.5) is 0 Å². The first-order chi connectivity index (χ1) is 12.2. The van der Waals surface area contributed by atoms with E-state index in [1.54, 1.807) is 42.5 Å². The molecule has 0 atom stereocenters. The Balaban J connectivity index is 2.09. The Kier molecular flexibility index (Phi) is 4.65. The molecule has 0 unspecified atom stereocenters. The molecule has 0 saturated carbocycles. The number of hydrogen-bond donors (Lipinski definition) is 1. The van der Waals surface area contributed by atoms with Gasteiger partial charge in [-0.15, -0.1) is 4.68 Å². The second kappa shape index (κ2) is 7.04. The molecule has 1 N–H and O–H groups in total. The lowest BCUT2D eigenvalue weighted by Gasteiger charge is -2.11. The van der Waals surface area contributed by atoms with E-state index in [9.17, 15) is 9.59 Å². The van der Waals surface area contributed by atoms with E-state index in [1.807, 2.05) is 6.92 Å². The van der Waals surface area contributed by atoms with E-state index in [4.69, 9.17) is 9.47 Å². The van der Waals surface area contributed by atoms with Gasteiger partial charge in [-0.2, -0.15) is 5.10 Å². The molecule has 0 saturated heterocycles. The van der Waals surface area contributed by atoms with Crippen molar-refractivity contribution in [1.82, 2.24) is 9.66 Å². The summed E-state index contributed by atoms with van der Waals surface area (Å²) in [7, 11) is 1.52. The van der Waals surface area contributed by atoms with Crippen LogP contribution in [0.1, 0.15) is 12.5 Å². The van der Waals surface area contributed by atoms with Crippen molar-refractivity contribution in [3.8, 4) is 11.5 Å². The van der Waals surface area contributed by atoms with Crippen LogP contribution in [0.25, 0.3) is 10.9 Å². The Morgan fingerprint density at radius 3 is 2.72 bits per heavy atom. The topological polar surface area (TPSA) is 85.7 Å². The van der Waals surface area contributed by atoms with Gasteiger partial charge in [-0.25, -0.2) is 4.79 Å². The number of hydrogen-bond acceptors (Lipinski definition) is 5. The molecule has 0 aliphatic carbocycles. The Morgan fingerprint density at radius 2 is 1.96 bits per heavy atom. The van der Waals surface area contributed by atoms with Gasteiger partial charge in [-0.05, 0) is 31.2 Å². The third-order valence-corrected chi connectivity index (χ3v) is 3.61. The predicted octanol–water partition coefficient (Wildman–Crippen LogP) is 1.98. The highest BCUT2D eigenvalue weighted by Gasteiger charge is 2.09.